The van der Waals surface area contributed by atoms with Gasteiger partial charge in [0.05, 0.1) is 0 Å². The molecule has 0 aromatic rings. The summed E-state index contributed by atoms with van der Waals surface area (Å²) < 4.78 is 0. The molecule has 0 aromatic heterocycles. The quantitative estimate of drug-likeness (QED) is 0.578. The van der Waals surface area contributed by atoms with Crippen LogP contribution in [0.3, 0.4) is 0 Å². The van der Waals surface area contributed by atoms with Crippen LogP contribution in [-0.4, -0.2) is 0 Å². The van der Waals surface area contributed by atoms with E-state index in [2.05, 4.69) is 27.7 Å². The summed E-state index contributed by atoms with van der Waals surface area (Å²) in [6, 6.07) is 0. The van der Waals surface area contributed by atoms with Gasteiger partial charge in [-0.05, 0) is 30.1 Å². The first-order valence-corrected chi connectivity index (χ1v) is 5.55. The summed E-state index contributed by atoms with van der Waals surface area (Å²) in [6.45, 7) is 9.64. The van der Waals surface area contributed by atoms with Gasteiger partial charge in [0.15, 0.2) is 0 Å². The van der Waals surface area contributed by atoms with Crippen LogP contribution in [0, 0.1) is 17.3 Å². The van der Waals surface area contributed by atoms with E-state index >= 15 is 0 Å². The molecule has 0 N–H and O–H groups in total. The Morgan fingerprint density at radius 2 is 1.50 bits per heavy atom. The molecule has 1 fully saturated rings. The Kier molecular flexibility index (Phi) is 3.20. The van der Waals surface area contributed by atoms with Gasteiger partial charge < -0.3 is 0 Å². The second kappa shape index (κ2) is 3.81. The van der Waals surface area contributed by atoms with Crippen molar-refractivity contribution >= 4 is 0 Å². The second-order valence-electron chi connectivity index (χ2n) is 5.31. The summed E-state index contributed by atoms with van der Waals surface area (Å²) in [5, 5.41) is 0. The van der Waals surface area contributed by atoms with Gasteiger partial charge in [-0.1, -0.05) is 47.0 Å². The van der Waals surface area contributed by atoms with E-state index in [4.69, 9.17) is 0 Å². The predicted molar refractivity (Wildman–Crippen MR) is 55.2 cm³/mol. The molecule has 1 saturated carbocycles. The molecule has 0 heteroatoms. The summed E-state index contributed by atoms with van der Waals surface area (Å²) in [6.07, 6.45) is 7.38. The molecule has 0 bridgehead atoms. The molecule has 72 valence electrons. The zero-order valence-electron chi connectivity index (χ0n) is 9.19. The molecule has 0 radical (unpaired) electrons. The third-order valence-electron chi connectivity index (χ3n) is 4.15. The normalized spacial score (nSPS) is 21.8. The molecule has 1 aliphatic carbocycles. The Balaban J connectivity index is 2.53. The van der Waals surface area contributed by atoms with Crippen LogP contribution in [-0.2, 0) is 0 Å². The van der Waals surface area contributed by atoms with Crippen molar-refractivity contribution < 1.29 is 0 Å². The van der Waals surface area contributed by atoms with Gasteiger partial charge in [-0.3, -0.25) is 0 Å². The molecule has 0 aliphatic heterocycles. The summed E-state index contributed by atoms with van der Waals surface area (Å²) in [5.74, 6) is 1.83. The second-order valence-corrected chi connectivity index (χ2v) is 5.31. The first-order chi connectivity index (χ1) is 5.55. The smallest absolute Gasteiger partial charge is 0.0303 e. The average molecular weight is 168 g/mol. The van der Waals surface area contributed by atoms with Crippen LogP contribution < -0.4 is 0 Å². The summed E-state index contributed by atoms with van der Waals surface area (Å²) in [5.41, 5.74) is 0.570. The van der Waals surface area contributed by atoms with E-state index in [1.807, 2.05) is 0 Å². The number of hydrogen-bond donors (Lipinski definition) is 0. The van der Waals surface area contributed by atoms with Crippen LogP contribution in [0.5, 0.6) is 0 Å². The van der Waals surface area contributed by atoms with Gasteiger partial charge in [-0.25, -0.2) is 0 Å². The third-order valence-corrected chi connectivity index (χ3v) is 4.15. The highest BCUT2D eigenvalue weighted by molar-refractivity contribution is 4.83. The molecule has 0 unspecified atom stereocenters. The van der Waals surface area contributed by atoms with E-state index in [0.717, 1.165) is 11.8 Å². The maximum absolute atomic E-state index is 2.45. The largest absolute Gasteiger partial charge is 0.0623 e. The van der Waals surface area contributed by atoms with Crippen molar-refractivity contribution in [3.8, 4) is 0 Å². The van der Waals surface area contributed by atoms with Crippen molar-refractivity contribution in [3.63, 3.8) is 0 Å². The van der Waals surface area contributed by atoms with Gasteiger partial charge in [0.2, 0.25) is 0 Å². The molecule has 0 saturated heterocycles. The lowest BCUT2D eigenvalue weighted by atomic mass is 9.65. The maximum Gasteiger partial charge on any atom is -0.0303 e. The highest BCUT2D eigenvalue weighted by Gasteiger charge is 2.32. The first-order valence-electron chi connectivity index (χ1n) is 5.55. The van der Waals surface area contributed by atoms with E-state index < -0.39 is 0 Å². The molecule has 0 atom stereocenters. The highest BCUT2D eigenvalue weighted by Crippen LogP contribution is 2.42. The summed E-state index contributed by atoms with van der Waals surface area (Å²) in [7, 11) is 0. The van der Waals surface area contributed by atoms with E-state index in [1.165, 1.54) is 32.1 Å². The Bertz CT molecular complexity index is 127. The van der Waals surface area contributed by atoms with Crippen molar-refractivity contribution in [2.75, 3.05) is 0 Å². The Morgan fingerprint density at radius 1 is 1.00 bits per heavy atom. The fourth-order valence-corrected chi connectivity index (χ4v) is 2.32. The number of hydrogen-bond acceptors (Lipinski definition) is 0. The van der Waals surface area contributed by atoms with Gasteiger partial charge >= 0.3 is 0 Å². The molecule has 0 nitrogen and oxygen atoms in total. The van der Waals surface area contributed by atoms with Crippen LogP contribution in [0.25, 0.3) is 0 Å². The van der Waals surface area contributed by atoms with Crippen LogP contribution in [0.15, 0.2) is 0 Å². The fraction of sp³-hybridized carbons (Fsp3) is 1.00. The first kappa shape index (κ1) is 10.1. The molecule has 0 amide bonds. The average Bonchev–Trinajstić information content (AvgIpc) is 2.06. The van der Waals surface area contributed by atoms with Crippen LogP contribution >= 0.6 is 0 Å². The predicted octanol–water partition coefficient (Wildman–Crippen LogP) is 4.25. The van der Waals surface area contributed by atoms with Gasteiger partial charge in [0.1, 0.15) is 0 Å². The van der Waals surface area contributed by atoms with Crippen molar-refractivity contribution in [1.82, 2.24) is 0 Å². The molecule has 12 heavy (non-hydrogen) atoms. The summed E-state index contributed by atoms with van der Waals surface area (Å²) in [4.78, 5) is 0. The van der Waals surface area contributed by atoms with Crippen molar-refractivity contribution in [2.45, 2.75) is 59.8 Å². The van der Waals surface area contributed by atoms with E-state index in [0.29, 0.717) is 5.41 Å². The van der Waals surface area contributed by atoms with Gasteiger partial charge in [-0.15, -0.1) is 0 Å². The van der Waals surface area contributed by atoms with Crippen molar-refractivity contribution in [2.24, 2.45) is 17.3 Å². The van der Waals surface area contributed by atoms with Crippen LogP contribution in [0.4, 0.5) is 0 Å². The van der Waals surface area contributed by atoms with Crippen molar-refractivity contribution in [3.05, 3.63) is 0 Å². The third kappa shape index (κ3) is 2.02. The monoisotopic (exact) mass is 168 g/mol. The SMILES string of the molecule is CC(C)C(C)(C)C1CCCCC1. The minimum Gasteiger partial charge on any atom is -0.0623 e. The van der Waals surface area contributed by atoms with Crippen LogP contribution in [0.2, 0.25) is 0 Å². The highest BCUT2D eigenvalue weighted by atomic mass is 14.4. The Hall–Kier alpha value is 0. The lowest BCUT2D eigenvalue weighted by molar-refractivity contribution is 0.102. The lowest BCUT2D eigenvalue weighted by Crippen LogP contribution is -2.31. The van der Waals surface area contributed by atoms with Crippen LogP contribution in [0.1, 0.15) is 59.8 Å². The minimum atomic E-state index is 0.570. The molecule has 0 spiro atoms. The van der Waals surface area contributed by atoms with Gasteiger partial charge in [0.25, 0.3) is 0 Å². The Labute approximate surface area is 77.7 Å². The number of rotatable bonds is 2. The van der Waals surface area contributed by atoms with E-state index in [-0.39, 0.29) is 0 Å². The van der Waals surface area contributed by atoms with E-state index in [9.17, 15) is 0 Å². The molecular formula is C12H24. The minimum absolute atomic E-state index is 0.570. The molecule has 1 rings (SSSR count). The molecular weight excluding hydrogens is 144 g/mol. The molecule has 0 aromatic carbocycles. The topological polar surface area (TPSA) is 0 Å². The van der Waals surface area contributed by atoms with Gasteiger partial charge in [0, 0.05) is 0 Å². The molecule has 1 aliphatic rings. The summed E-state index contributed by atoms with van der Waals surface area (Å²) >= 11 is 0. The lowest BCUT2D eigenvalue weighted by Gasteiger charge is -2.40. The Morgan fingerprint density at radius 3 is 1.92 bits per heavy atom. The standard InChI is InChI=1S/C12H24/c1-10(2)12(3,4)11-8-6-5-7-9-11/h10-11H,5-9H2,1-4H3. The van der Waals surface area contributed by atoms with Gasteiger partial charge in [-0.2, -0.15) is 0 Å². The van der Waals surface area contributed by atoms with Crippen molar-refractivity contribution in [1.29, 1.82) is 0 Å². The molecule has 0 heterocycles. The zero-order chi connectivity index (χ0) is 9.19. The zero-order valence-corrected chi connectivity index (χ0v) is 9.19. The fourth-order valence-electron chi connectivity index (χ4n) is 2.32. The van der Waals surface area contributed by atoms with E-state index in [1.54, 1.807) is 0 Å². The maximum atomic E-state index is 2.45.